The lowest BCUT2D eigenvalue weighted by Crippen LogP contribution is -2.38. The van der Waals surface area contributed by atoms with E-state index in [1.807, 2.05) is 6.92 Å². The van der Waals surface area contributed by atoms with Crippen LogP contribution in [0, 0.1) is 6.92 Å². The Morgan fingerprint density at radius 1 is 1.42 bits per heavy atom. The zero-order valence-electron chi connectivity index (χ0n) is 15.6. The van der Waals surface area contributed by atoms with Gasteiger partial charge in [0.1, 0.15) is 5.75 Å². The summed E-state index contributed by atoms with van der Waals surface area (Å²) in [5.74, 6) is 1.97. The lowest BCUT2D eigenvalue weighted by molar-refractivity contribution is 0.357. The van der Waals surface area contributed by atoms with E-state index < -0.39 is 0 Å². The second-order valence-electron chi connectivity index (χ2n) is 6.24. The summed E-state index contributed by atoms with van der Waals surface area (Å²) in [5, 5.41) is 6.58. The van der Waals surface area contributed by atoms with Gasteiger partial charge in [0.05, 0.1) is 23.9 Å². The molecule has 1 N–H and O–H groups in total. The molecule has 2 heterocycles. The van der Waals surface area contributed by atoms with Gasteiger partial charge in [0.25, 0.3) is 0 Å². The van der Waals surface area contributed by atoms with Crippen LogP contribution in [-0.4, -0.2) is 42.6 Å². The number of halogens is 1. The molecule has 0 atom stereocenters. The van der Waals surface area contributed by atoms with Gasteiger partial charge in [-0.2, -0.15) is 0 Å². The second kappa shape index (κ2) is 10.1. The topological polar surface area (TPSA) is 49.8 Å². The predicted octanol–water partition coefficient (Wildman–Crippen LogP) is 3.64. The van der Waals surface area contributed by atoms with E-state index in [1.165, 1.54) is 11.1 Å². The monoisotopic (exact) mass is 486 g/mol. The number of ether oxygens (including phenoxy) is 1. The molecule has 0 radical (unpaired) electrons. The number of aliphatic imine (C=N–C) groups is 1. The predicted molar refractivity (Wildman–Crippen MR) is 119 cm³/mol. The number of hydrogen-bond donors (Lipinski definition) is 1. The molecule has 142 valence electrons. The van der Waals surface area contributed by atoms with Crippen molar-refractivity contribution < 1.29 is 4.74 Å². The number of nitrogens with one attached hydrogen (secondary N) is 1. The van der Waals surface area contributed by atoms with Crippen molar-refractivity contribution in [1.29, 1.82) is 0 Å². The van der Waals surface area contributed by atoms with Gasteiger partial charge in [-0.15, -0.1) is 35.3 Å². The quantitative estimate of drug-likeness (QED) is 0.385. The van der Waals surface area contributed by atoms with Crippen LogP contribution in [0.4, 0.5) is 0 Å². The highest BCUT2D eigenvalue weighted by molar-refractivity contribution is 14.0. The summed E-state index contributed by atoms with van der Waals surface area (Å²) in [5.41, 5.74) is 3.74. The Kier molecular flexibility index (Phi) is 8.15. The molecule has 0 saturated carbocycles. The van der Waals surface area contributed by atoms with Gasteiger partial charge in [0.15, 0.2) is 5.96 Å². The Balaban J connectivity index is 0.00000243. The van der Waals surface area contributed by atoms with Crippen LogP contribution in [-0.2, 0) is 19.4 Å². The van der Waals surface area contributed by atoms with Gasteiger partial charge in [0.2, 0.25) is 0 Å². The molecule has 2 aromatic rings. The van der Waals surface area contributed by atoms with Gasteiger partial charge in [-0.05, 0) is 37.5 Å². The van der Waals surface area contributed by atoms with Crippen LogP contribution in [0.1, 0.15) is 28.8 Å². The van der Waals surface area contributed by atoms with E-state index in [1.54, 1.807) is 11.3 Å². The van der Waals surface area contributed by atoms with E-state index in [4.69, 9.17) is 9.73 Å². The van der Waals surface area contributed by atoms with Crippen molar-refractivity contribution in [1.82, 2.24) is 15.2 Å². The Bertz CT molecular complexity index is 747. The van der Waals surface area contributed by atoms with E-state index >= 15 is 0 Å². The van der Waals surface area contributed by atoms with Crippen LogP contribution in [0.3, 0.4) is 0 Å². The van der Waals surface area contributed by atoms with E-state index in [0.717, 1.165) is 61.5 Å². The van der Waals surface area contributed by atoms with Gasteiger partial charge in [-0.3, -0.25) is 4.99 Å². The highest BCUT2D eigenvalue weighted by Gasteiger charge is 2.12. The third-order valence-electron chi connectivity index (χ3n) is 4.18. The van der Waals surface area contributed by atoms with Crippen LogP contribution in [0.5, 0.6) is 5.75 Å². The number of guanidine groups is 1. The number of benzene rings is 1. The van der Waals surface area contributed by atoms with Crippen molar-refractivity contribution in [3.8, 4) is 5.75 Å². The smallest absolute Gasteiger partial charge is 0.194 e. The van der Waals surface area contributed by atoms with Crippen molar-refractivity contribution >= 4 is 41.3 Å². The SMILES string of the molecule is CCNC(=NCCc1ccc2c(c1)CCO2)N(C)Cc1csc(C)n1.I. The Morgan fingerprint density at radius 3 is 3.00 bits per heavy atom. The molecule has 0 aliphatic carbocycles. The van der Waals surface area contributed by atoms with E-state index in [9.17, 15) is 0 Å². The van der Waals surface area contributed by atoms with Crippen LogP contribution in [0.25, 0.3) is 0 Å². The molecule has 0 fully saturated rings. The molecular formula is C19H27IN4OS. The maximum absolute atomic E-state index is 5.57. The lowest BCUT2D eigenvalue weighted by atomic mass is 10.1. The second-order valence-corrected chi connectivity index (χ2v) is 7.30. The molecule has 5 nitrogen and oxygen atoms in total. The van der Waals surface area contributed by atoms with E-state index in [-0.39, 0.29) is 24.0 Å². The minimum absolute atomic E-state index is 0. The summed E-state index contributed by atoms with van der Waals surface area (Å²) >= 11 is 1.69. The number of rotatable bonds is 6. The molecule has 1 aromatic carbocycles. The maximum atomic E-state index is 5.57. The van der Waals surface area contributed by atoms with Gasteiger partial charge >= 0.3 is 0 Å². The molecule has 1 aliphatic heterocycles. The molecule has 7 heteroatoms. The van der Waals surface area contributed by atoms with Gasteiger partial charge < -0.3 is 15.0 Å². The average Bonchev–Trinajstić information content (AvgIpc) is 3.22. The van der Waals surface area contributed by atoms with Crippen LogP contribution in [0.15, 0.2) is 28.6 Å². The molecule has 0 spiro atoms. The van der Waals surface area contributed by atoms with Crippen molar-refractivity contribution in [2.45, 2.75) is 33.2 Å². The third kappa shape index (κ3) is 5.57. The minimum Gasteiger partial charge on any atom is -0.493 e. The number of thiazole rings is 1. The molecule has 0 bridgehead atoms. The summed E-state index contributed by atoms with van der Waals surface area (Å²) < 4.78 is 5.57. The van der Waals surface area contributed by atoms with Gasteiger partial charge in [-0.1, -0.05) is 12.1 Å². The van der Waals surface area contributed by atoms with Crippen molar-refractivity contribution in [2.24, 2.45) is 4.99 Å². The van der Waals surface area contributed by atoms with Crippen LogP contribution >= 0.6 is 35.3 Å². The lowest BCUT2D eigenvalue weighted by Gasteiger charge is -2.21. The molecule has 0 unspecified atom stereocenters. The first-order valence-electron chi connectivity index (χ1n) is 8.80. The zero-order valence-corrected chi connectivity index (χ0v) is 18.8. The third-order valence-corrected chi connectivity index (χ3v) is 5.00. The highest BCUT2D eigenvalue weighted by atomic mass is 127. The Morgan fingerprint density at radius 2 is 2.27 bits per heavy atom. The van der Waals surface area contributed by atoms with Crippen LogP contribution in [0.2, 0.25) is 0 Å². The summed E-state index contributed by atoms with van der Waals surface area (Å²) in [6.45, 7) is 7.33. The largest absolute Gasteiger partial charge is 0.493 e. The first kappa shape index (κ1) is 21.0. The van der Waals surface area contributed by atoms with Crippen molar-refractivity contribution in [3.05, 3.63) is 45.4 Å². The molecular weight excluding hydrogens is 459 g/mol. The average molecular weight is 486 g/mol. The Labute approximate surface area is 176 Å². The fourth-order valence-electron chi connectivity index (χ4n) is 2.95. The molecule has 0 saturated heterocycles. The standard InChI is InChI=1S/C19H26N4OS.HI/c1-4-20-19(23(3)12-17-13-25-14(2)22-17)21-9-7-15-5-6-18-16(11-15)8-10-24-18;/h5-6,11,13H,4,7-10,12H2,1-3H3,(H,20,21);1H. The molecule has 3 rings (SSSR count). The van der Waals surface area contributed by atoms with Gasteiger partial charge in [-0.25, -0.2) is 4.98 Å². The molecule has 1 aromatic heterocycles. The highest BCUT2D eigenvalue weighted by Crippen LogP contribution is 2.25. The van der Waals surface area contributed by atoms with Gasteiger partial charge in [0, 0.05) is 31.9 Å². The minimum atomic E-state index is 0. The fourth-order valence-corrected chi connectivity index (χ4v) is 3.56. The number of aromatic nitrogens is 1. The summed E-state index contributed by atoms with van der Waals surface area (Å²) in [7, 11) is 2.06. The normalized spacial score (nSPS) is 13.0. The number of fused-ring (bicyclic) bond motifs is 1. The maximum Gasteiger partial charge on any atom is 0.194 e. The summed E-state index contributed by atoms with van der Waals surface area (Å²) in [6, 6.07) is 6.49. The van der Waals surface area contributed by atoms with Crippen molar-refractivity contribution in [3.63, 3.8) is 0 Å². The zero-order chi connectivity index (χ0) is 17.6. The number of aryl methyl sites for hydroxylation is 1. The summed E-state index contributed by atoms with van der Waals surface area (Å²) in [4.78, 5) is 11.5. The molecule has 0 amide bonds. The van der Waals surface area contributed by atoms with E-state index in [0.29, 0.717) is 0 Å². The van der Waals surface area contributed by atoms with Crippen molar-refractivity contribution in [2.75, 3.05) is 26.7 Å². The molecule has 1 aliphatic rings. The van der Waals surface area contributed by atoms with E-state index in [2.05, 4.69) is 52.8 Å². The summed E-state index contributed by atoms with van der Waals surface area (Å²) in [6.07, 6.45) is 1.96. The molecule has 26 heavy (non-hydrogen) atoms. The fraction of sp³-hybridized carbons (Fsp3) is 0.474. The number of hydrogen-bond acceptors (Lipinski definition) is 4. The Hall–Kier alpha value is -1.35. The number of nitrogens with zero attached hydrogens (tertiary/aromatic N) is 3. The first-order chi connectivity index (χ1) is 12.2. The first-order valence-corrected chi connectivity index (χ1v) is 9.68. The van der Waals surface area contributed by atoms with Crippen LogP contribution < -0.4 is 10.1 Å².